The van der Waals surface area contributed by atoms with Crippen LogP contribution in [0, 0.1) is 0 Å². The maximum absolute atomic E-state index is 5.94. The van der Waals surface area contributed by atoms with Gasteiger partial charge in [-0.15, -0.1) is 0 Å². The molecule has 0 fully saturated rings. The molecule has 96 valence electrons. The minimum Gasteiger partial charge on any atom is -0.375 e. The molecule has 0 saturated carbocycles. The predicted molar refractivity (Wildman–Crippen MR) is 76.6 cm³/mol. The van der Waals surface area contributed by atoms with Crippen LogP contribution in [0.25, 0.3) is 0 Å². The summed E-state index contributed by atoms with van der Waals surface area (Å²) >= 11 is 9.36. The van der Waals surface area contributed by atoms with E-state index in [1.165, 1.54) is 5.56 Å². The molecule has 0 spiro atoms. The van der Waals surface area contributed by atoms with Gasteiger partial charge in [-0.25, -0.2) is 0 Å². The fraction of sp³-hybridized carbons (Fsp3) is 0.538. The second-order valence-electron chi connectivity index (χ2n) is 4.54. The number of halogens is 2. The molecule has 17 heavy (non-hydrogen) atoms. The molecule has 0 radical (unpaired) electrons. The average Bonchev–Trinajstić information content (AvgIpc) is 2.23. The summed E-state index contributed by atoms with van der Waals surface area (Å²) in [5.41, 5.74) is 1.08. The summed E-state index contributed by atoms with van der Waals surface area (Å²) in [4.78, 5) is 0. The molecule has 1 aromatic rings. The molecule has 0 saturated heterocycles. The Labute approximate surface area is 117 Å². The summed E-state index contributed by atoms with van der Waals surface area (Å²) in [6.07, 6.45) is 0. The van der Waals surface area contributed by atoms with Gasteiger partial charge in [-0.05, 0) is 54.4 Å². The largest absolute Gasteiger partial charge is 0.375 e. The van der Waals surface area contributed by atoms with Crippen molar-refractivity contribution < 1.29 is 4.74 Å². The Kier molecular flexibility index (Phi) is 5.93. The normalized spacial score (nSPS) is 11.8. The number of ether oxygens (including phenoxy) is 1. The van der Waals surface area contributed by atoms with E-state index in [1.54, 1.807) is 0 Å². The fourth-order valence-electron chi connectivity index (χ4n) is 1.60. The second-order valence-corrected chi connectivity index (χ2v) is 5.81. The predicted octanol–water partition coefficient (Wildman–Crippen LogP) is 4.01. The van der Waals surface area contributed by atoms with E-state index in [2.05, 4.69) is 35.1 Å². The lowest BCUT2D eigenvalue weighted by Crippen LogP contribution is -2.37. The van der Waals surface area contributed by atoms with Gasteiger partial charge in [0.2, 0.25) is 0 Å². The third-order valence-corrected chi connectivity index (χ3v) is 3.61. The molecule has 1 aromatic carbocycles. The minimum atomic E-state index is -0.127. The maximum atomic E-state index is 5.94. The molecular weight excluding hydrogens is 302 g/mol. The Morgan fingerprint density at radius 3 is 2.71 bits per heavy atom. The van der Waals surface area contributed by atoms with Gasteiger partial charge in [-0.3, -0.25) is 0 Å². The lowest BCUT2D eigenvalue weighted by Gasteiger charge is -2.25. The lowest BCUT2D eigenvalue weighted by atomic mass is 10.1. The molecular formula is C13H19BrClNO. The topological polar surface area (TPSA) is 21.3 Å². The quantitative estimate of drug-likeness (QED) is 0.855. The van der Waals surface area contributed by atoms with E-state index in [-0.39, 0.29) is 5.60 Å². The van der Waals surface area contributed by atoms with E-state index >= 15 is 0 Å². The highest BCUT2D eigenvalue weighted by atomic mass is 79.9. The zero-order chi connectivity index (χ0) is 12.9. The highest BCUT2D eigenvalue weighted by Crippen LogP contribution is 2.23. The van der Waals surface area contributed by atoms with Crippen molar-refractivity contribution in [3.63, 3.8) is 0 Å². The van der Waals surface area contributed by atoms with Crippen molar-refractivity contribution >= 4 is 27.5 Å². The van der Waals surface area contributed by atoms with Crippen LogP contribution in [0.4, 0.5) is 0 Å². The first kappa shape index (κ1) is 15.0. The standard InChI is InChI=1S/C13H19BrClNO/c1-4-17-13(2,3)9-16-8-10-5-6-12(15)11(14)7-10/h5-7,16H,4,8-9H2,1-3H3. The van der Waals surface area contributed by atoms with E-state index in [0.29, 0.717) is 0 Å². The summed E-state index contributed by atoms with van der Waals surface area (Å²) in [6.45, 7) is 8.55. The third-order valence-electron chi connectivity index (χ3n) is 2.40. The molecule has 0 unspecified atom stereocenters. The van der Waals surface area contributed by atoms with Gasteiger partial charge < -0.3 is 10.1 Å². The van der Waals surface area contributed by atoms with Crippen LogP contribution in [0.5, 0.6) is 0 Å². The lowest BCUT2D eigenvalue weighted by molar-refractivity contribution is -0.00897. The molecule has 0 aliphatic carbocycles. The van der Waals surface area contributed by atoms with E-state index in [0.717, 1.165) is 29.2 Å². The van der Waals surface area contributed by atoms with Crippen molar-refractivity contribution in [1.29, 1.82) is 0 Å². The van der Waals surface area contributed by atoms with Gasteiger partial charge in [0.1, 0.15) is 0 Å². The number of benzene rings is 1. The summed E-state index contributed by atoms with van der Waals surface area (Å²) in [5, 5.41) is 4.12. The zero-order valence-corrected chi connectivity index (χ0v) is 12.9. The molecule has 0 aliphatic rings. The van der Waals surface area contributed by atoms with Crippen LogP contribution in [-0.4, -0.2) is 18.8 Å². The van der Waals surface area contributed by atoms with Crippen molar-refractivity contribution in [2.24, 2.45) is 0 Å². The van der Waals surface area contributed by atoms with Crippen LogP contribution in [0.15, 0.2) is 22.7 Å². The first-order valence-electron chi connectivity index (χ1n) is 5.73. The minimum absolute atomic E-state index is 0.127. The third kappa shape index (κ3) is 5.38. The molecule has 0 heterocycles. The first-order valence-corrected chi connectivity index (χ1v) is 6.90. The van der Waals surface area contributed by atoms with Crippen molar-refractivity contribution in [2.45, 2.75) is 32.9 Å². The van der Waals surface area contributed by atoms with Gasteiger partial charge in [-0.1, -0.05) is 17.7 Å². The van der Waals surface area contributed by atoms with Gasteiger partial charge in [0.25, 0.3) is 0 Å². The second kappa shape index (κ2) is 6.74. The van der Waals surface area contributed by atoms with Crippen LogP contribution >= 0.6 is 27.5 Å². The first-order chi connectivity index (χ1) is 7.94. The zero-order valence-electron chi connectivity index (χ0n) is 10.5. The Morgan fingerprint density at radius 2 is 2.12 bits per heavy atom. The van der Waals surface area contributed by atoms with E-state index < -0.39 is 0 Å². The molecule has 1 rings (SSSR count). The van der Waals surface area contributed by atoms with E-state index in [4.69, 9.17) is 16.3 Å². The van der Waals surface area contributed by atoms with Gasteiger partial charge in [0.15, 0.2) is 0 Å². The van der Waals surface area contributed by atoms with Crippen LogP contribution in [0.2, 0.25) is 5.02 Å². The molecule has 4 heteroatoms. The van der Waals surface area contributed by atoms with E-state index in [1.807, 2.05) is 25.1 Å². The number of hydrogen-bond donors (Lipinski definition) is 1. The molecule has 1 N–H and O–H groups in total. The van der Waals surface area contributed by atoms with E-state index in [9.17, 15) is 0 Å². The average molecular weight is 321 g/mol. The Bertz CT molecular complexity index is 368. The summed E-state index contributed by atoms with van der Waals surface area (Å²) < 4.78 is 6.55. The molecule has 0 aliphatic heterocycles. The van der Waals surface area contributed by atoms with Gasteiger partial charge in [0, 0.05) is 24.2 Å². The maximum Gasteiger partial charge on any atom is 0.0750 e. The van der Waals surface area contributed by atoms with Gasteiger partial charge in [-0.2, -0.15) is 0 Å². The van der Waals surface area contributed by atoms with Crippen LogP contribution in [0.1, 0.15) is 26.3 Å². The van der Waals surface area contributed by atoms with Crippen molar-refractivity contribution in [3.05, 3.63) is 33.3 Å². The van der Waals surface area contributed by atoms with Crippen molar-refractivity contribution in [2.75, 3.05) is 13.2 Å². The Balaban J connectivity index is 2.43. The smallest absolute Gasteiger partial charge is 0.0750 e. The van der Waals surface area contributed by atoms with Gasteiger partial charge >= 0.3 is 0 Å². The summed E-state index contributed by atoms with van der Waals surface area (Å²) in [6, 6.07) is 5.95. The van der Waals surface area contributed by atoms with Crippen LogP contribution in [0.3, 0.4) is 0 Å². The summed E-state index contributed by atoms with van der Waals surface area (Å²) in [5.74, 6) is 0. The van der Waals surface area contributed by atoms with Crippen LogP contribution < -0.4 is 5.32 Å². The van der Waals surface area contributed by atoms with Crippen molar-refractivity contribution in [3.8, 4) is 0 Å². The molecule has 2 nitrogen and oxygen atoms in total. The number of nitrogens with one attached hydrogen (secondary N) is 1. The number of rotatable bonds is 6. The molecule has 0 aromatic heterocycles. The Hall–Kier alpha value is -0.0900. The van der Waals surface area contributed by atoms with Crippen molar-refractivity contribution in [1.82, 2.24) is 5.32 Å². The van der Waals surface area contributed by atoms with Crippen LogP contribution in [-0.2, 0) is 11.3 Å². The van der Waals surface area contributed by atoms with Gasteiger partial charge in [0.05, 0.1) is 10.6 Å². The highest BCUT2D eigenvalue weighted by molar-refractivity contribution is 9.10. The molecule has 0 amide bonds. The monoisotopic (exact) mass is 319 g/mol. The SMILES string of the molecule is CCOC(C)(C)CNCc1ccc(Cl)c(Br)c1. The fourth-order valence-corrected chi connectivity index (χ4v) is 2.14. The highest BCUT2D eigenvalue weighted by Gasteiger charge is 2.16. The number of hydrogen-bond acceptors (Lipinski definition) is 2. The summed E-state index contributed by atoms with van der Waals surface area (Å²) in [7, 11) is 0. The Morgan fingerprint density at radius 1 is 1.41 bits per heavy atom. The molecule has 0 atom stereocenters. The molecule has 0 bridgehead atoms.